The van der Waals surface area contributed by atoms with E-state index < -0.39 is 0 Å². The third-order valence-electron chi connectivity index (χ3n) is 7.40. The highest BCUT2D eigenvalue weighted by atomic mass is 16.5. The molecule has 0 saturated carbocycles. The molecular weight excluding hydrogens is 344 g/mol. The van der Waals surface area contributed by atoms with Gasteiger partial charge in [-0.05, 0) is 44.4 Å². The van der Waals surface area contributed by atoms with Crippen LogP contribution in [0.2, 0.25) is 0 Å². The predicted molar refractivity (Wildman–Crippen MR) is 121 cm³/mol. The van der Waals surface area contributed by atoms with Crippen LogP contribution >= 0.6 is 0 Å². The van der Waals surface area contributed by atoms with Crippen LogP contribution in [0.4, 0.5) is 0 Å². The van der Waals surface area contributed by atoms with Crippen molar-refractivity contribution >= 4 is 0 Å². The van der Waals surface area contributed by atoms with Crippen molar-refractivity contribution in [3.05, 3.63) is 0 Å². The van der Waals surface area contributed by atoms with Gasteiger partial charge in [-0.2, -0.15) is 0 Å². The first-order chi connectivity index (χ1) is 13.7. The van der Waals surface area contributed by atoms with Crippen molar-refractivity contribution < 1.29 is 9.47 Å². The van der Waals surface area contributed by atoms with Crippen LogP contribution in [0.3, 0.4) is 0 Å². The summed E-state index contributed by atoms with van der Waals surface area (Å²) in [7, 11) is 0. The third-order valence-corrected chi connectivity index (χ3v) is 7.40. The van der Waals surface area contributed by atoms with Gasteiger partial charge in [-0.3, -0.25) is 0 Å². The molecule has 28 heavy (non-hydrogen) atoms. The van der Waals surface area contributed by atoms with Crippen molar-refractivity contribution in [1.82, 2.24) is 0 Å². The van der Waals surface area contributed by atoms with Crippen molar-refractivity contribution in [2.45, 2.75) is 155 Å². The Balaban J connectivity index is 1.95. The summed E-state index contributed by atoms with van der Waals surface area (Å²) in [6.45, 7) is 9.31. The predicted octanol–water partition coefficient (Wildman–Crippen LogP) is 8.07. The van der Waals surface area contributed by atoms with Gasteiger partial charge in [0.05, 0.1) is 24.4 Å². The molecule has 0 N–H and O–H groups in total. The van der Waals surface area contributed by atoms with E-state index in [0.29, 0.717) is 30.3 Å². The van der Waals surface area contributed by atoms with Gasteiger partial charge in [0.15, 0.2) is 0 Å². The second kappa shape index (κ2) is 14.0. The van der Waals surface area contributed by atoms with Crippen LogP contribution in [0.1, 0.15) is 130 Å². The molecule has 2 fully saturated rings. The van der Waals surface area contributed by atoms with Gasteiger partial charge in [-0.15, -0.1) is 0 Å². The van der Waals surface area contributed by atoms with Crippen LogP contribution in [-0.4, -0.2) is 24.4 Å². The van der Waals surface area contributed by atoms with E-state index in [9.17, 15) is 0 Å². The van der Waals surface area contributed by atoms with Crippen LogP contribution in [0.25, 0.3) is 0 Å². The van der Waals surface area contributed by atoms with Crippen LogP contribution in [0.5, 0.6) is 0 Å². The van der Waals surface area contributed by atoms with Crippen molar-refractivity contribution in [3.8, 4) is 0 Å². The van der Waals surface area contributed by atoms with Crippen LogP contribution in [0, 0.1) is 11.8 Å². The molecule has 0 radical (unpaired) electrons. The largest absolute Gasteiger partial charge is 0.375 e. The molecular formula is C26H50O2. The molecule has 0 aliphatic carbocycles. The lowest BCUT2D eigenvalue weighted by Crippen LogP contribution is -2.38. The van der Waals surface area contributed by atoms with Gasteiger partial charge in [0.1, 0.15) is 0 Å². The quantitative estimate of drug-likeness (QED) is 0.261. The summed E-state index contributed by atoms with van der Waals surface area (Å²) in [4.78, 5) is 0. The minimum Gasteiger partial charge on any atom is -0.375 e. The van der Waals surface area contributed by atoms with Gasteiger partial charge in [-0.25, -0.2) is 0 Å². The zero-order valence-corrected chi connectivity index (χ0v) is 19.6. The summed E-state index contributed by atoms with van der Waals surface area (Å²) in [5.74, 6) is 1.41. The number of unbranched alkanes of at least 4 members (excludes halogenated alkanes) is 5. The maximum Gasteiger partial charge on any atom is 0.0635 e. The molecule has 2 aliphatic heterocycles. The molecule has 5 atom stereocenters. The maximum absolute atomic E-state index is 6.70. The zero-order valence-electron chi connectivity index (χ0n) is 19.6. The Kier molecular flexibility index (Phi) is 12.1. The van der Waals surface area contributed by atoms with Gasteiger partial charge in [0, 0.05) is 5.92 Å². The van der Waals surface area contributed by atoms with E-state index in [4.69, 9.17) is 9.47 Å². The van der Waals surface area contributed by atoms with E-state index >= 15 is 0 Å². The van der Waals surface area contributed by atoms with Gasteiger partial charge in [0.2, 0.25) is 0 Å². The van der Waals surface area contributed by atoms with Crippen molar-refractivity contribution in [3.63, 3.8) is 0 Å². The Morgan fingerprint density at radius 1 is 0.643 bits per heavy atom. The minimum absolute atomic E-state index is 0.452. The monoisotopic (exact) mass is 394 g/mol. The molecule has 2 nitrogen and oxygen atoms in total. The highest BCUT2D eigenvalue weighted by Crippen LogP contribution is 2.42. The van der Waals surface area contributed by atoms with Crippen molar-refractivity contribution in [2.75, 3.05) is 0 Å². The lowest BCUT2D eigenvalue weighted by atomic mass is 9.77. The van der Waals surface area contributed by atoms with E-state index in [1.54, 1.807) is 0 Å². The topological polar surface area (TPSA) is 18.5 Å². The fourth-order valence-corrected chi connectivity index (χ4v) is 5.68. The molecule has 166 valence electrons. The molecule has 2 heterocycles. The summed E-state index contributed by atoms with van der Waals surface area (Å²) in [5.41, 5.74) is 0. The smallest absolute Gasteiger partial charge is 0.0635 e. The van der Waals surface area contributed by atoms with E-state index in [1.165, 1.54) is 103 Å². The Morgan fingerprint density at radius 2 is 1.14 bits per heavy atom. The van der Waals surface area contributed by atoms with Gasteiger partial charge in [0.25, 0.3) is 0 Å². The lowest BCUT2D eigenvalue weighted by molar-refractivity contribution is -0.0830. The van der Waals surface area contributed by atoms with Crippen LogP contribution in [0.15, 0.2) is 0 Å². The highest BCUT2D eigenvalue weighted by molar-refractivity contribution is 4.91. The summed E-state index contributed by atoms with van der Waals surface area (Å²) in [6.07, 6.45) is 22.9. The van der Waals surface area contributed by atoms with Gasteiger partial charge in [-0.1, -0.05) is 91.9 Å². The number of hydrogen-bond acceptors (Lipinski definition) is 2. The van der Waals surface area contributed by atoms with Gasteiger partial charge < -0.3 is 9.47 Å². The number of hydrogen-bond donors (Lipinski definition) is 0. The molecule has 0 spiro atoms. The molecule has 2 saturated heterocycles. The zero-order chi connectivity index (χ0) is 20.2. The Labute approximate surface area is 176 Å². The van der Waals surface area contributed by atoms with E-state index in [-0.39, 0.29) is 0 Å². The Morgan fingerprint density at radius 3 is 1.57 bits per heavy atom. The molecule has 0 amide bonds. The molecule has 0 bridgehead atoms. The normalized spacial score (nSPS) is 30.0. The van der Waals surface area contributed by atoms with Crippen molar-refractivity contribution in [2.24, 2.45) is 11.8 Å². The molecule has 2 rings (SSSR count). The third kappa shape index (κ3) is 7.63. The van der Waals surface area contributed by atoms with E-state index in [1.807, 2.05) is 0 Å². The SMILES string of the molecule is CCCCCC1CCC(C(C(CC)CCCC)C2CCC(CCCCC)O2)O1. The van der Waals surface area contributed by atoms with E-state index in [2.05, 4.69) is 27.7 Å². The fraction of sp³-hybridized carbons (Fsp3) is 1.00. The minimum atomic E-state index is 0.452. The Bertz CT molecular complexity index is 355. The fourth-order valence-electron chi connectivity index (χ4n) is 5.68. The summed E-state index contributed by atoms with van der Waals surface area (Å²) < 4.78 is 13.4. The number of ether oxygens (including phenoxy) is 2. The summed E-state index contributed by atoms with van der Waals surface area (Å²) in [5, 5.41) is 0. The highest BCUT2D eigenvalue weighted by Gasteiger charge is 2.42. The van der Waals surface area contributed by atoms with Crippen LogP contribution < -0.4 is 0 Å². The Hall–Kier alpha value is -0.0800. The lowest BCUT2D eigenvalue weighted by Gasteiger charge is -2.35. The molecule has 0 aromatic carbocycles. The molecule has 5 unspecified atom stereocenters. The standard InChI is InChI=1S/C26H50O2/c1-5-9-12-15-22-17-19-24(27-22)26(21(8-4)14-11-7-3)25-20-18-23(28-25)16-13-10-6-2/h21-26H,5-20H2,1-4H3. The first kappa shape index (κ1) is 24.2. The van der Waals surface area contributed by atoms with Gasteiger partial charge >= 0.3 is 0 Å². The summed E-state index contributed by atoms with van der Waals surface area (Å²) >= 11 is 0. The maximum atomic E-state index is 6.70. The second-order valence-electron chi connectivity index (χ2n) is 9.63. The average Bonchev–Trinajstić information content (AvgIpc) is 3.35. The molecule has 0 aromatic heterocycles. The van der Waals surface area contributed by atoms with E-state index in [0.717, 1.165) is 5.92 Å². The number of rotatable bonds is 15. The molecule has 0 aromatic rings. The van der Waals surface area contributed by atoms with Crippen LogP contribution in [-0.2, 0) is 9.47 Å². The summed E-state index contributed by atoms with van der Waals surface area (Å²) in [6, 6.07) is 0. The second-order valence-corrected chi connectivity index (χ2v) is 9.63. The van der Waals surface area contributed by atoms with Crippen molar-refractivity contribution in [1.29, 1.82) is 0 Å². The molecule has 2 aliphatic rings. The first-order valence-electron chi connectivity index (χ1n) is 13.0. The molecule has 2 heteroatoms. The average molecular weight is 395 g/mol. The first-order valence-corrected chi connectivity index (χ1v) is 13.0.